The topological polar surface area (TPSA) is 44.1 Å². The number of amides is 1. The Morgan fingerprint density at radius 3 is 2.65 bits per heavy atom. The van der Waals surface area contributed by atoms with Crippen molar-refractivity contribution in [2.75, 3.05) is 7.05 Å². The van der Waals surface area contributed by atoms with Crippen LogP contribution in [0.3, 0.4) is 0 Å². The summed E-state index contributed by atoms with van der Waals surface area (Å²) in [6, 6.07) is 10.0. The van der Waals surface area contributed by atoms with E-state index in [4.69, 9.17) is 5.26 Å². The standard InChI is InChI=1S/C14H18N2O/c1-11-6-5-7-12(8-11)9-16(4)13(17)14(2,3)10-15/h5-8H,9H2,1-4H3. The van der Waals surface area contributed by atoms with Gasteiger partial charge < -0.3 is 4.90 Å². The highest BCUT2D eigenvalue weighted by atomic mass is 16.2. The normalized spacial score (nSPS) is 10.8. The summed E-state index contributed by atoms with van der Waals surface area (Å²) in [5, 5.41) is 8.93. The van der Waals surface area contributed by atoms with E-state index < -0.39 is 5.41 Å². The minimum Gasteiger partial charge on any atom is -0.340 e. The Morgan fingerprint density at radius 2 is 2.12 bits per heavy atom. The Morgan fingerprint density at radius 1 is 1.47 bits per heavy atom. The van der Waals surface area contributed by atoms with Crippen LogP contribution in [0.1, 0.15) is 25.0 Å². The van der Waals surface area contributed by atoms with Crippen molar-refractivity contribution in [1.82, 2.24) is 4.90 Å². The molecule has 0 saturated heterocycles. The Balaban J connectivity index is 2.77. The molecule has 0 aliphatic rings. The molecule has 0 N–H and O–H groups in total. The van der Waals surface area contributed by atoms with Crippen LogP contribution < -0.4 is 0 Å². The van der Waals surface area contributed by atoms with E-state index >= 15 is 0 Å². The van der Waals surface area contributed by atoms with Gasteiger partial charge in [-0.2, -0.15) is 5.26 Å². The molecule has 17 heavy (non-hydrogen) atoms. The van der Waals surface area contributed by atoms with Crippen LogP contribution in [0.5, 0.6) is 0 Å². The van der Waals surface area contributed by atoms with E-state index in [0.29, 0.717) is 6.54 Å². The third-order valence-electron chi connectivity index (χ3n) is 2.66. The van der Waals surface area contributed by atoms with E-state index in [1.165, 1.54) is 5.56 Å². The maximum atomic E-state index is 12.0. The van der Waals surface area contributed by atoms with Crippen molar-refractivity contribution in [2.45, 2.75) is 27.3 Å². The van der Waals surface area contributed by atoms with Gasteiger partial charge in [-0.3, -0.25) is 4.79 Å². The molecule has 0 aliphatic carbocycles. The van der Waals surface area contributed by atoms with Gasteiger partial charge in [-0.1, -0.05) is 29.8 Å². The van der Waals surface area contributed by atoms with Gasteiger partial charge in [-0.25, -0.2) is 0 Å². The van der Waals surface area contributed by atoms with Crippen molar-refractivity contribution < 1.29 is 4.79 Å². The molecule has 0 atom stereocenters. The van der Waals surface area contributed by atoms with Crippen LogP contribution in [0.2, 0.25) is 0 Å². The molecule has 1 aromatic rings. The predicted molar refractivity (Wildman–Crippen MR) is 67.0 cm³/mol. The van der Waals surface area contributed by atoms with Gasteiger partial charge in [0, 0.05) is 13.6 Å². The van der Waals surface area contributed by atoms with E-state index in [-0.39, 0.29) is 5.91 Å². The lowest BCUT2D eigenvalue weighted by Crippen LogP contribution is -2.37. The number of benzene rings is 1. The van der Waals surface area contributed by atoms with Gasteiger partial charge in [0.2, 0.25) is 5.91 Å². The van der Waals surface area contributed by atoms with Crippen molar-refractivity contribution >= 4 is 5.91 Å². The SMILES string of the molecule is Cc1cccc(CN(C)C(=O)C(C)(C)C#N)c1. The van der Waals surface area contributed by atoms with E-state index in [2.05, 4.69) is 0 Å². The molecule has 0 spiro atoms. The summed E-state index contributed by atoms with van der Waals surface area (Å²) in [4.78, 5) is 13.6. The van der Waals surface area contributed by atoms with Crippen molar-refractivity contribution in [3.63, 3.8) is 0 Å². The summed E-state index contributed by atoms with van der Waals surface area (Å²) >= 11 is 0. The molecule has 0 radical (unpaired) electrons. The van der Waals surface area contributed by atoms with Gasteiger partial charge in [0.25, 0.3) is 0 Å². The van der Waals surface area contributed by atoms with Crippen molar-refractivity contribution in [2.24, 2.45) is 5.41 Å². The summed E-state index contributed by atoms with van der Waals surface area (Å²) in [6.07, 6.45) is 0. The number of carbonyl (C=O) groups excluding carboxylic acids is 1. The van der Waals surface area contributed by atoms with Crippen LogP contribution in [0.4, 0.5) is 0 Å². The van der Waals surface area contributed by atoms with Crippen LogP contribution in [-0.4, -0.2) is 17.9 Å². The molecule has 0 aliphatic heterocycles. The van der Waals surface area contributed by atoms with Gasteiger partial charge in [-0.15, -0.1) is 0 Å². The second-order valence-electron chi connectivity index (χ2n) is 4.89. The fourth-order valence-electron chi connectivity index (χ4n) is 1.68. The zero-order chi connectivity index (χ0) is 13.1. The van der Waals surface area contributed by atoms with Crippen LogP contribution in [0, 0.1) is 23.7 Å². The monoisotopic (exact) mass is 230 g/mol. The van der Waals surface area contributed by atoms with Gasteiger partial charge in [-0.05, 0) is 26.3 Å². The van der Waals surface area contributed by atoms with Gasteiger partial charge in [0.05, 0.1) is 6.07 Å². The van der Waals surface area contributed by atoms with Crippen LogP contribution in [0.25, 0.3) is 0 Å². The lowest BCUT2D eigenvalue weighted by atomic mass is 9.94. The maximum absolute atomic E-state index is 12.0. The minimum absolute atomic E-state index is 0.151. The fourth-order valence-corrected chi connectivity index (χ4v) is 1.68. The molecule has 0 unspecified atom stereocenters. The third-order valence-corrected chi connectivity index (χ3v) is 2.66. The van der Waals surface area contributed by atoms with E-state index in [9.17, 15) is 4.79 Å². The quantitative estimate of drug-likeness (QED) is 0.800. The summed E-state index contributed by atoms with van der Waals surface area (Å²) in [7, 11) is 1.73. The fraction of sp³-hybridized carbons (Fsp3) is 0.429. The summed E-state index contributed by atoms with van der Waals surface area (Å²) in [5.41, 5.74) is 1.29. The Labute approximate surface area is 103 Å². The first kappa shape index (κ1) is 13.2. The number of hydrogen-bond donors (Lipinski definition) is 0. The highest BCUT2D eigenvalue weighted by molar-refractivity contribution is 5.84. The second kappa shape index (κ2) is 5.01. The zero-order valence-corrected chi connectivity index (χ0v) is 10.8. The molecule has 0 aromatic heterocycles. The summed E-state index contributed by atoms with van der Waals surface area (Å²) in [5.74, 6) is -0.151. The van der Waals surface area contributed by atoms with Gasteiger partial charge in [0.1, 0.15) is 5.41 Å². The molecule has 90 valence electrons. The average Bonchev–Trinajstić information content (AvgIpc) is 2.28. The third kappa shape index (κ3) is 3.32. The maximum Gasteiger partial charge on any atom is 0.242 e. The Kier molecular flexibility index (Phi) is 3.90. The van der Waals surface area contributed by atoms with E-state index in [1.807, 2.05) is 37.3 Å². The average molecular weight is 230 g/mol. The number of hydrogen-bond acceptors (Lipinski definition) is 2. The van der Waals surface area contributed by atoms with Crippen LogP contribution in [-0.2, 0) is 11.3 Å². The van der Waals surface area contributed by atoms with Gasteiger partial charge >= 0.3 is 0 Å². The number of aryl methyl sites for hydroxylation is 1. The Hall–Kier alpha value is -1.82. The molecular weight excluding hydrogens is 212 g/mol. The molecule has 1 rings (SSSR count). The highest BCUT2D eigenvalue weighted by Crippen LogP contribution is 2.18. The second-order valence-corrected chi connectivity index (χ2v) is 4.89. The zero-order valence-electron chi connectivity index (χ0n) is 10.8. The smallest absolute Gasteiger partial charge is 0.242 e. The van der Waals surface area contributed by atoms with E-state index in [0.717, 1.165) is 5.56 Å². The molecular formula is C14H18N2O. The molecule has 0 fully saturated rings. The molecule has 3 nitrogen and oxygen atoms in total. The lowest BCUT2D eigenvalue weighted by molar-refractivity contribution is -0.136. The number of nitriles is 1. The molecule has 0 heterocycles. The summed E-state index contributed by atoms with van der Waals surface area (Å²) < 4.78 is 0. The molecule has 0 bridgehead atoms. The first-order valence-corrected chi connectivity index (χ1v) is 5.59. The first-order valence-electron chi connectivity index (χ1n) is 5.59. The van der Waals surface area contributed by atoms with Gasteiger partial charge in [0.15, 0.2) is 0 Å². The minimum atomic E-state index is -0.960. The molecule has 0 saturated carbocycles. The van der Waals surface area contributed by atoms with E-state index in [1.54, 1.807) is 25.8 Å². The van der Waals surface area contributed by atoms with Crippen molar-refractivity contribution in [3.05, 3.63) is 35.4 Å². The first-order chi connectivity index (χ1) is 7.86. The van der Waals surface area contributed by atoms with Crippen molar-refractivity contribution in [1.29, 1.82) is 5.26 Å². The molecule has 1 aromatic carbocycles. The Bertz CT molecular complexity index is 458. The number of rotatable bonds is 3. The summed E-state index contributed by atoms with van der Waals surface area (Å²) in [6.45, 7) is 5.83. The molecule has 1 amide bonds. The van der Waals surface area contributed by atoms with Crippen molar-refractivity contribution in [3.8, 4) is 6.07 Å². The van der Waals surface area contributed by atoms with Crippen LogP contribution >= 0.6 is 0 Å². The number of carbonyl (C=O) groups is 1. The lowest BCUT2D eigenvalue weighted by Gasteiger charge is -2.24. The largest absolute Gasteiger partial charge is 0.340 e. The molecule has 3 heteroatoms. The van der Waals surface area contributed by atoms with Crippen LogP contribution in [0.15, 0.2) is 24.3 Å². The number of nitrogens with zero attached hydrogens (tertiary/aromatic N) is 2. The predicted octanol–water partition coefficient (Wildman–Crippen LogP) is 2.50. The highest BCUT2D eigenvalue weighted by Gasteiger charge is 2.30.